The minimum atomic E-state index is 0.524. The summed E-state index contributed by atoms with van der Waals surface area (Å²) in [5.41, 5.74) is 0. The molecule has 0 atom stereocenters. The van der Waals surface area contributed by atoms with Gasteiger partial charge in [-0.3, -0.25) is 0 Å². The molecule has 0 fully saturated rings. The van der Waals surface area contributed by atoms with E-state index in [2.05, 4.69) is 25.9 Å². The molecule has 0 aliphatic carbocycles. The number of hydrogen-bond acceptors (Lipinski definition) is 5. The summed E-state index contributed by atoms with van der Waals surface area (Å²) < 4.78 is 11.0. The van der Waals surface area contributed by atoms with E-state index in [-0.39, 0.29) is 0 Å². The Labute approximate surface area is 118 Å². The van der Waals surface area contributed by atoms with Crippen molar-refractivity contribution in [2.24, 2.45) is 0 Å². The number of benzene rings is 1. The highest BCUT2D eigenvalue weighted by atomic mass is 79.9. The standard InChI is InChI=1S/C12H11BrN2O2S/c1-16-8-4-3-5-9(6-8)18-12-14-7-10(13)11(15-12)17-2/h3-7H,1-2H3. The minimum absolute atomic E-state index is 0.524. The molecule has 4 nitrogen and oxygen atoms in total. The maximum Gasteiger partial charge on any atom is 0.231 e. The van der Waals surface area contributed by atoms with Gasteiger partial charge in [0.05, 0.1) is 18.7 Å². The molecule has 0 amide bonds. The number of hydrogen-bond donors (Lipinski definition) is 0. The molecule has 0 unspecified atom stereocenters. The number of methoxy groups -OCH3 is 2. The Hall–Kier alpha value is -1.27. The van der Waals surface area contributed by atoms with Crippen LogP contribution in [-0.4, -0.2) is 24.2 Å². The molecule has 0 aliphatic rings. The number of ether oxygens (including phenoxy) is 2. The number of aromatic nitrogens is 2. The smallest absolute Gasteiger partial charge is 0.231 e. The third-order valence-electron chi connectivity index (χ3n) is 2.13. The first-order valence-electron chi connectivity index (χ1n) is 5.11. The lowest BCUT2D eigenvalue weighted by molar-refractivity contribution is 0.389. The summed E-state index contributed by atoms with van der Waals surface area (Å²) in [6.07, 6.45) is 1.67. The molecule has 0 bridgehead atoms. The van der Waals surface area contributed by atoms with Crippen LogP contribution in [0.1, 0.15) is 0 Å². The van der Waals surface area contributed by atoms with Crippen molar-refractivity contribution in [2.45, 2.75) is 10.1 Å². The largest absolute Gasteiger partial charge is 0.497 e. The fourth-order valence-electron chi connectivity index (χ4n) is 1.30. The van der Waals surface area contributed by atoms with Crippen LogP contribution in [0.25, 0.3) is 0 Å². The maximum atomic E-state index is 5.17. The Morgan fingerprint density at radius 2 is 2.06 bits per heavy atom. The van der Waals surface area contributed by atoms with Crippen LogP contribution in [0.2, 0.25) is 0 Å². The van der Waals surface area contributed by atoms with Crippen molar-refractivity contribution in [1.82, 2.24) is 9.97 Å². The third kappa shape index (κ3) is 3.14. The summed E-state index contributed by atoms with van der Waals surface area (Å²) in [6.45, 7) is 0. The van der Waals surface area contributed by atoms with Crippen molar-refractivity contribution in [3.8, 4) is 11.6 Å². The molecule has 0 N–H and O–H groups in total. The number of nitrogens with zero attached hydrogens (tertiary/aromatic N) is 2. The number of rotatable bonds is 4. The fraction of sp³-hybridized carbons (Fsp3) is 0.167. The Kier molecular flexibility index (Phi) is 4.43. The topological polar surface area (TPSA) is 44.2 Å². The van der Waals surface area contributed by atoms with E-state index in [0.717, 1.165) is 15.1 Å². The predicted molar refractivity (Wildman–Crippen MR) is 73.4 cm³/mol. The van der Waals surface area contributed by atoms with Crippen molar-refractivity contribution in [3.63, 3.8) is 0 Å². The van der Waals surface area contributed by atoms with Gasteiger partial charge in [0.1, 0.15) is 5.75 Å². The molecule has 0 radical (unpaired) electrons. The zero-order valence-electron chi connectivity index (χ0n) is 9.88. The van der Waals surface area contributed by atoms with E-state index >= 15 is 0 Å². The van der Waals surface area contributed by atoms with Crippen LogP contribution in [-0.2, 0) is 0 Å². The zero-order chi connectivity index (χ0) is 13.0. The summed E-state index contributed by atoms with van der Waals surface area (Å²) in [5.74, 6) is 1.33. The molecule has 2 aromatic rings. The van der Waals surface area contributed by atoms with Crippen molar-refractivity contribution in [2.75, 3.05) is 14.2 Å². The quantitative estimate of drug-likeness (QED) is 0.805. The summed E-state index contributed by atoms with van der Waals surface area (Å²) in [7, 11) is 3.22. The monoisotopic (exact) mass is 326 g/mol. The Balaban J connectivity index is 2.22. The van der Waals surface area contributed by atoms with Gasteiger partial charge >= 0.3 is 0 Å². The Bertz CT molecular complexity index is 551. The Morgan fingerprint density at radius 3 is 2.78 bits per heavy atom. The molecule has 2 rings (SSSR count). The van der Waals surface area contributed by atoms with E-state index in [1.54, 1.807) is 20.4 Å². The van der Waals surface area contributed by atoms with E-state index in [4.69, 9.17) is 9.47 Å². The summed E-state index contributed by atoms with van der Waals surface area (Å²) in [5, 5.41) is 0.628. The van der Waals surface area contributed by atoms with Gasteiger partial charge in [-0.05, 0) is 45.9 Å². The molecule has 1 aromatic heterocycles. The molecule has 1 aromatic carbocycles. The normalized spacial score (nSPS) is 10.2. The van der Waals surface area contributed by atoms with Crippen molar-refractivity contribution in [3.05, 3.63) is 34.9 Å². The van der Waals surface area contributed by atoms with E-state index in [0.29, 0.717) is 11.0 Å². The molecule has 0 aliphatic heterocycles. The van der Waals surface area contributed by atoms with Gasteiger partial charge in [0, 0.05) is 11.1 Å². The first kappa shape index (κ1) is 13.2. The lowest BCUT2D eigenvalue weighted by atomic mass is 10.3. The van der Waals surface area contributed by atoms with Crippen LogP contribution in [0, 0.1) is 0 Å². The highest BCUT2D eigenvalue weighted by molar-refractivity contribution is 9.10. The van der Waals surface area contributed by atoms with Gasteiger partial charge in [0.2, 0.25) is 5.88 Å². The second kappa shape index (κ2) is 6.06. The maximum absolute atomic E-state index is 5.17. The van der Waals surface area contributed by atoms with Gasteiger partial charge in [-0.2, -0.15) is 4.98 Å². The van der Waals surface area contributed by atoms with Crippen LogP contribution < -0.4 is 9.47 Å². The van der Waals surface area contributed by atoms with Crippen molar-refractivity contribution in [1.29, 1.82) is 0 Å². The molecular formula is C12H11BrN2O2S. The molecule has 0 saturated carbocycles. The average Bonchev–Trinajstić information content (AvgIpc) is 2.41. The average molecular weight is 327 g/mol. The summed E-state index contributed by atoms with van der Waals surface area (Å²) in [4.78, 5) is 9.52. The van der Waals surface area contributed by atoms with Gasteiger partial charge < -0.3 is 9.47 Å². The molecular weight excluding hydrogens is 316 g/mol. The third-order valence-corrected chi connectivity index (χ3v) is 3.55. The van der Waals surface area contributed by atoms with Crippen molar-refractivity contribution < 1.29 is 9.47 Å². The summed E-state index contributed by atoms with van der Waals surface area (Å²) in [6, 6.07) is 7.73. The van der Waals surface area contributed by atoms with Gasteiger partial charge in [0.25, 0.3) is 0 Å². The Morgan fingerprint density at radius 1 is 1.22 bits per heavy atom. The molecule has 1 heterocycles. The molecule has 0 spiro atoms. The zero-order valence-corrected chi connectivity index (χ0v) is 12.3. The number of halogens is 1. The fourth-order valence-corrected chi connectivity index (χ4v) is 2.42. The predicted octanol–water partition coefficient (Wildman–Crippen LogP) is 3.41. The van der Waals surface area contributed by atoms with Crippen LogP contribution in [0.3, 0.4) is 0 Å². The molecule has 6 heteroatoms. The highest BCUT2D eigenvalue weighted by Gasteiger charge is 2.07. The summed E-state index contributed by atoms with van der Waals surface area (Å²) >= 11 is 4.77. The first-order valence-corrected chi connectivity index (χ1v) is 6.72. The van der Waals surface area contributed by atoms with Crippen LogP contribution in [0.5, 0.6) is 11.6 Å². The minimum Gasteiger partial charge on any atom is -0.497 e. The van der Waals surface area contributed by atoms with Crippen LogP contribution in [0.4, 0.5) is 0 Å². The van der Waals surface area contributed by atoms with Gasteiger partial charge in [-0.1, -0.05) is 6.07 Å². The lowest BCUT2D eigenvalue weighted by Crippen LogP contribution is -1.93. The first-order chi connectivity index (χ1) is 8.72. The second-order valence-electron chi connectivity index (χ2n) is 3.29. The van der Waals surface area contributed by atoms with E-state index < -0.39 is 0 Å². The molecule has 18 heavy (non-hydrogen) atoms. The molecule has 94 valence electrons. The van der Waals surface area contributed by atoms with E-state index in [1.165, 1.54) is 11.8 Å². The molecule has 0 saturated heterocycles. The second-order valence-corrected chi connectivity index (χ2v) is 5.19. The lowest BCUT2D eigenvalue weighted by Gasteiger charge is -2.05. The van der Waals surface area contributed by atoms with Gasteiger partial charge in [-0.15, -0.1) is 0 Å². The van der Waals surface area contributed by atoms with Crippen molar-refractivity contribution >= 4 is 27.7 Å². The van der Waals surface area contributed by atoms with E-state index in [1.807, 2.05) is 24.3 Å². The SMILES string of the molecule is COc1cccc(Sc2ncc(Br)c(OC)n2)c1. The highest BCUT2D eigenvalue weighted by Crippen LogP contribution is 2.30. The van der Waals surface area contributed by atoms with Crippen LogP contribution in [0.15, 0.2) is 45.0 Å². The van der Waals surface area contributed by atoms with Gasteiger partial charge in [-0.25, -0.2) is 4.98 Å². The van der Waals surface area contributed by atoms with Crippen LogP contribution >= 0.6 is 27.7 Å². The van der Waals surface area contributed by atoms with E-state index in [9.17, 15) is 0 Å². The van der Waals surface area contributed by atoms with Gasteiger partial charge in [0.15, 0.2) is 5.16 Å².